The van der Waals surface area contributed by atoms with E-state index in [2.05, 4.69) is 21.3 Å². The van der Waals surface area contributed by atoms with Gasteiger partial charge in [0.05, 0.1) is 12.1 Å². The minimum absolute atomic E-state index is 0.00673. The Bertz CT molecular complexity index is 1690. The largest absolute Gasteiger partial charge is 0.445 e. The van der Waals surface area contributed by atoms with Gasteiger partial charge in [-0.15, -0.1) is 0 Å². The molecule has 12 nitrogen and oxygen atoms in total. The van der Waals surface area contributed by atoms with E-state index < -0.39 is 60.4 Å². The summed E-state index contributed by atoms with van der Waals surface area (Å²) in [4.78, 5) is 54.0. The molecule has 0 saturated carbocycles. The van der Waals surface area contributed by atoms with Gasteiger partial charge in [-0.25, -0.2) is 9.59 Å². The summed E-state index contributed by atoms with van der Waals surface area (Å²) in [6, 6.07) is 32.6. The lowest BCUT2D eigenvalue weighted by atomic mass is 9.89. The summed E-state index contributed by atoms with van der Waals surface area (Å²) in [6.45, 7) is 7.69. The van der Waals surface area contributed by atoms with Crippen LogP contribution < -0.4 is 21.3 Å². The monoisotopic (exact) mass is 794 g/mol. The molecule has 6 N–H and O–H groups in total. The average Bonchev–Trinajstić information content (AvgIpc) is 3.21. The van der Waals surface area contributed by atoms with Crippen molar-refractivity contribution in [1.29, 1.82) is 0 Å². The molecule has 0 aliphatic rings. The summed E-state index contributed by atoms with van der Waals surface area (Å²) in [5.41, 5.74) is 3.14. The number of nitrogens with one attached hydrogen (secondary N) is 4. The van der Waals surface area contributed by atoms with Gasteiger partial charge in [0.15, 0.2) is 0 Å². The van der Waals surface area contributed by atoms with Crippen LogP contribution in [-0.2, 0) is 45.1 Å². The number of carbonyl (C=O) groups is 4. The summed E-state index contributed by atoms with van der Waals surface area (Å²) in [5.74, 6) is -1.21. The summed E-state index contributed by atoms with van der Waals surface area (Å²) in [5, 5.41) is 34.8. The molecule has 0 bridgehead atoms. The number of aliphatic hydroxyl groups is 2. The third-order valence-corrected chi connectivity index (χ3v) is 9.49. The zero-order chi connectivity index (χ0) is 41.9. The van der Waals surface area contributed by atoms with E-state index in [9.17, 15) is 29.4 Å². The first-order valence-electron chi connectivity index (χ1n) is 19.9. The van der Waals surface area contributed by atoms with Gasteiger partial charge in [-0.1, -0.05) is 149 Å². The van der Waals surface area contributed by atoms with Crippen molar-refractivity contribution < 1.29 is 38.9 Å². The number of amides is 4. The molecule has 58 heavy (non-hydrogen) atoms. The van der Waals surface area contributed by atoms with E-state index in [1.54, 1.807) is 0 Å². The number of aliphatic hydroxyl groups excluding tert-OH is 2. The van der Waals surface area contributed by atoms with E-state index in [0.717, 1.165) is 22.3 Å². The minimum atomic E-state index is -1.53. The maximum absolute atomic E-state index is 14.0. The Labute approximate surface area is 341 Å². The Morgan fingerprint density at radius 3 is 1.05 bits per heavy atom. The molecule has 6 atom stereocenters. The lowest BCUT2D eigenvalue weighted by molar-refractivity contribution is -0.128. The lowest BCUT2D eigenvalue weighted by Gasteiger charge is -2.35. The second-order valence-corrected chi connectivity index (χ2v) is 15.4. The molecule has 0 fully saturated rings. The molecule has 0 saturated heterocycles. The van der Waals surface area contributed by atoms with Gasteiger partial charge in [-0.05, 0) is 46.9 Å². The fraction of sp³-hybridized carbons (Fsp3) is 0.391. The molecular weight excluding hydrogens is 737 g/mol. The van der Waals surface area contributed by atoms with E-state index >= 15 is 0 Å². The molecule has 4 aromatic rings. The van der Waals surface area contributed by atoms with Gasteiger partial charge in [0.2, 0.25) is 11.8 Å². The molecular formula is C46H58N4O8. The maximum Gasteiger partial charge on any atom is 0.408 e. The zero-order valence-electron chi connectivity index (χ0n) is 33.8. The highest BCUT2D eigenvalue weighted by Crippen LogP contribution is 2.19. The number of rotatable bonds is 21. The van der Waals surface area contributed by atoms with Crippen LogP contribution in [0.25, 0.3) is 0 Å². The first-order valence-corrected chi connectivity index (χ1v) is 19.9. The third-order valence-electron chi connectivity index (χ3n) is 9.49. The third kappa shape index (κ3) is 15.7. The van der Waals surface area contributed by atoms with Crippen molar-refractivity contribution in [3.8, 4) is 0 Å². The first-order chi connectivity index (χ1) is 27.9. The van der Waals surface area contributed by atoms with Crippen molar-refractivity contribution in [2.45, 2.75) is 103 Å². The van der Waals surface area contributed by atoms with Gasteiger partial charge >= 0.3 is 12.2 Å². The van der Waals surface area contributed by atoms with E-state index in [1.807, 2.05) is 149 Å². The van der Waals surface area contributed by atoms with Gasteiger partial charge in [0.1, 0.15) is 37.5 Å². The highest BCUT2D eigenvalue weighted by atomic mass is 16.6. The van der Waals surface area contributed by atoms with Crippen LogP contribution in [0.5, 0.6) is 0 Å². The topological polar surface area (TPSA) is 175 Å². The van der Waals surface area contributed by atoms with Gasteiger partial charge in [0, 0.05) is 12.8 Å². The van der Waals surface area contributed by atoms with Gasteiger partial charge < -0.3 is 41.0 Å². The molecule has 0 radical (unpaired) electrons. The van der Waals surface area contributed by atoms with Crippen molar-refractivity contribution in [3.63, 3.8) is 0 Å². The molecule has 0 spiro atoms. The van der Waals surface area contributed by atoms with Crippen LogP contribution in [0.1, 0.15) is 62.8 Å². The van der Waals surface area contributed by atoms with E-state index in [1.165, 1.54) is 0 Å². The zero-order valence-corrected chi connectivity index (χ0v) is 33.8. The van der Waals surface area contributed by atoms with Crippen LogP contribution >= 0.6 is 0 Å². The lowest BCUT2D eigenvalue weighted by Crippen LogP contribution is -2.60. The molecule has 4 amide bonds. The molecule has 4 aromatic carbocycles. The van der Waals surface area contributed by atoms with Crippen LogP contribution in [0.4, 0.5) is 9.59 Å². The van der Waals surface area contributed by atoms with Crippen molar-refractivity contribution in [3.05, 3.63) is 144 Å². The van der Waals surface area contributed by atoms with Crippen LogP contribution in [0, 0.1) is 11.8 Å². The van der Waals surface area contributed by atoms with Crippen molar-refractivity contribution in [2.24, 2.45) is 11.8 Å². The molecule has 0 heterocycles. The standard InChI is InChI=1S/C46H58N4O8/c1-31(2)25-37(47-43(53)39(27-33-17-9-5-10-18-33)49-45(55)57-29-35-21-13-7-14-22-35)41(51)42(52)38(26-32(3)4)48-44(54)40(28-34-19-11-6-12-20-34)50-46(56)58-30-36-23-15-8-16-24-36/h5-24,31-32,37-42,51-52H,25-30H2,1-4H3,(H,47,53)(H,48,54)(H,49,55)(H,50,56)/t37-,38-,39+,40+,41+,42+/m0/s1. The Hall–Kier alpha value is -5.72. The van der Waals surface area contributed by atoms with E-state index in [-0.39, 0.29) is 50.7 Å². The predicted molar refractivity (Wildman–Crippen MR) is 222 cm³/mol. The normalized spacial score (nSPS) is 14.3. The summed E-state index contributed by atoms with van der Waals surface area (Å²) in [6.07, 6.45) is -3.83. The minimum Gasteiger partial charge on any atom is -0.445 e. The number of benzene rings is 4. The van der Waals surface area contributed by atoms with Crippen LogP contribution in [-0.4, -0.2) is 70.6 Å². The van der Waals surface area contributed by atoms with Gasteiger partial charge in [-0.2, -0.15) is 0 Å². The highest BCUT2D eigenvalue weighted by molar-refractivity contribution is 5.87. The predicted octanol–water partition coefficient (Wildman–Crippen LogP) is 5.85. The van der Waals surface area contributed by atoms with Crippen LogP contribution in [0.3, 0.4) is 0 Å². The summed E-state index contributed by atoms with van der Waals surface area (Å²) < 4.78 is 10.9. The fourth-order valence-electron chi connectivity index (χ4n) is 6.56. The van der Waals surface area contributed by atoms with Crippen LogP contribution in [0.2, 0.25) is 0 Å². The second kappa shape index (κ2) is 23.5. The number of hydrogen-bond acceptors (Lipinski definition) is 8. The molecule has 0 aromatic heterocycles. The van der Waals surface area contributed by atoms with E-state index in [4.69, 9.17) is 9.47 Å². The molecule has 12 heteroatoms. The Kier molecular flexibility index (Phi) is 18.2. The fourth-order valence-corrected chi connectivity index (χ4v) is 6.56. The van der Waals surface area contributed by atoms with Crippen molar-refractivity contribution in [1.82, 2.24) is 21.3 Å². The number of hydrogen-bond donors (Lipinski definition) is 6. The smallest absolute Gasteiger partial charge is 0.408 e. The molecule has 4 rings (SSSR count). The quantitative estimate of drug-likeness (QED) is 0.0610. The van der Waals surface area contributed by atoms with E-state index in [0.29, 0.717) is 0 Å². The first kappa shape index (κ1) is 45.0. The summed E-state index contributed by atoms with van der Waals surface area (Å²) in [7, 11) is 0. The van der Waals surface area contributed by atoms with Gasteiger partial charge in [-0.3, -0.25) is 9.59 Å². The average molecular weight is 795 g/mol. The summed E-state index contributed by atoms with van der Waals surface area (Å²) >= 11 is 0. The highest BCUT2D eigenvalue weighted by Gasteiger charge is 2.37. The van der Waals surface area contributed by atoms with Crippen LogP contribution in [0.15, 0.2) is 121 Å². The second-order valence-electron chi connectivity index (χ2n) is 15.4. The molecule has 0 unspecified atom stereocenters. The molecule has 0 aliphatic carbocycles. The molecule has 310 valence electrons. The Morgan fingerprint density at radius 2 is 0.759 bits per heavy atom. The number of ether oxygens (including phenoxy) is 2. The SMILES string of the molecule is CC(C)C[C@H](NC(=O)[C@@H](Cc1ccccc1)NC(=O)OCc1ccccc1)[C@@H](O)[C@H](O)[C@H](CC(C)C)NC(=O)[C@@H](Cc1ccccc1)NC(=O)OCc1ccccc1. The Morgan fingerprint density at radius 1 is 0.466 bits per heavy atom. The van der Waals surface area contributed by atoms with Crippen molar-refractivity contribution in [2.75, 3.05) is 0 Å². The number of carbonyl (C=O) groups excluding carboxylic acids is 4. The van der Waals surface area contributed by atoms with Gasteiger partial charge in [0.25, 0.3) is 0 Å². The Balaban J connectivity index is 1.50. The maximum atomic E-state index is 14.0. The van der Waals surface area contributed by atoms with Crippen molar-refractivity contribution >= 4 is 24.0 Å². The number of alkyl carbamates (subject to hydrolysis) is 2. The molecule has 0 aliphatic heterocycles.